The average molecular weight is 322 g/mol. The first-order valence-electron chi connectivity index (χ1n) is 8.75. The summed E-state index contributed by atoms with van der Waals surface area (Å²) in [4.78, 5) is 13.5. The van der Waals surface area contributed by atoms with Crippen LogP contribution in [0.15, 0.2) is 91.0 Å². The van der Waals surface area contributed by atoms with Crippen molar-refractivity contribution in [2.24, 2.45) is 0 Å². The summed E-state index contributed by atoms with van der Waals surface area (Å²) in [5, 5.41) is 2.44. The topological polar surface area (TPSA) is 17.1 Å². The van der Waals surface area contributed by atoms with E-state index in [9.17, 15) is 4.79 Å². The smallest absolute Gasteiger partial charge is 0.158 e. The van der Waals surface area contributed by atoms with Crippen LogP contribution in [-0.2, 0) is 16.6 Å². The van der Waals surface area contributed by atoms with Gasteiger partial charge < -0.3 is 0 Å². The Bertz CT molecular complexity index is 1040. The molecule has 0 saturated heterocycles. The lowest BCUT2D eigenvalue weighted by atomic mass is 9.63. The lowest BCUT2D eigenvalue weighted by Crippen LogP contribution is -2.42. The highest BCUT2D eigenvalue weighted by Crippen LogP contribution is 2.45. The zero-order valence-electron chi connectivity index (χ0n) is 13.9. The van der Waals surface area contributed by atoms with Crippen LogP contribution in [0.2, 0.25) is 0 Å². The molecule has 2 bridgehead atoms. The van der Waals surface area contributed by atoms with Crippen molar-refractivity contribution in [2.75, 3.05) is 0 Å². The van der Waals surface area contributed by atoms with Crippen LogP contribution < -0.4 is 0 Å². The van der Waals surface area contributed by atoms with Gasteiger partial charge in [0.1, 0.15) is 0 Å². The first kappa shape index (κ1) is 14.4. The molecule has 0 amide bonds. The predicted molar refractivity (Wildman–Crippen MR) is 102 cm³/mol. The Hall–Kier alpha value is -2.93. The normalized spacial score (nSPS) is 24.2. The summed E-state index contributed by atoms with van der Waals surface area (Å²) in [6.07, 6.45) is 8.94. The third-order valence-corrected chi connectivity index (χ3v) is 5.62. The highest BCUT2D eigenvalue weighted by molar-refractivity contribution is 6.02. The van der Waals surface area contributed by atoms with Crippen molar-refractivity contribution >= 4 is 16.6 Å². The van der Waals surface area contributed by atoms with Gasteiger partial charge in [0.15, 0.2) is 5.78 Å². The van der Waals surface area contributed by atoms with Gasteiger partial charge in [-0.05, 0) is 39.9 Å². The fraction of sp³-hybridized carbons (Fsp3) is 0.125. The van der Waals surface area contributed by atoms with Crippen molar-refractivity contribution in [1.29, 1.82) is 0 Å². The fourth-order valence-electron chi connectivity index (χ4n) is 4.36. The zero-order chi connectivity index (χ0) is 16.9. The van der Waals surface area contributed by atoms with Crippen molar-refractivity contribution in [3.05, 3.63) is 108 Å². The van der Waals surface area contributed by atoms with Crippen LogP contribution >= 0.6 is 0 Å². The molecular formula is C24H18O. The first-order chi connectivity index (χ1) is 12.3. The van der Waals surface area contributed by atoms with E-state index < -0.39 is 5.41 Å². The number of ketones is 1. The predicted octanol–water partition coefficient (Wildman–Crippen LogP) is 5.11. The average Bonchev–Trinajstić information content (AvgIpc) is 2.76. The zero-order valence-corrected chi connectivity index (χ0v) is 13.9. The maximum atomic E-state index is 13.5. The number of allylic oxidation sites excluding steroid dienone is 4. The third-order valence-electron chi connectivity index (χ3n) is 5.62. The maximum Gasteiger partial charge on any atom is 0.158 e. The Labute approximate surface area is 147 Å². The molecule has 0 radical (unpaired) electrons. The van der Waals surface area contributed by atoms with E-state index in [1.54, 1.807) is 0 Å². The van der Waals surface area contributed by atoms with Gasteiger partial charge in [-0.15, -0.1) is 0 Å². The maximum absolute atomic E-state index is 13.5. The second-order valence-corrected chi connectivity index (χ2v) is 7.00. The molecule has 1 heteroatoms. The molecule has 2 aliphatic rings. The molecule has 0 N–H and O–H groups in total. The molecule has 0 heterocycles. The van der Waals surface area contributed by atoms with Gasteiger partial charge in [-0.3, -0.25) is 4.79 Å². The molecule has 2 atom stereocenters. The first-order valence-corrected chi connectivity index (χ1v) is 8.75. The number of carbonyl (C=O) groups excluding carboxylic acids is 1. The molecule has 5 rings (SSSR count). The van der Waals surface area contributed by atoms with Gasteiger partial charge in [0.25, 0.3) is 0 Å². The highest BCUT2D eigenvalue weighted by Gasteiger charge is 2.46. The minimum absolute atomic E-state index is 0.177. The van der Waals surface area contributed by atoms with Crippen LogP contribution in [0.1, 0.15) is 22.6 Å². The fourth-order valence-corrected chi connectivity index (χ4v) is 4.36. The van der Waals surface area contributed by atoms with E-state index in [4.69, 9.17) is 0 Å². The highest BCUT2D eigenvalue weighted by atomic mass is 16.1. The summed E-state index contributed by atoms with van der Waals surface area (Å²) >= 11 is 0. The Balaban J connectivity index is 1.79. The number of carbonyl (C=O) groups is 1. The summed E-state index contributed by atoms with van der Waals surface area (Å²) in [7, 11) is 0. The van der Waals surface area contributed by atoms with Crippen molar-refractivity contribution < 1.29 is 4.79 Å². The van der Waals surface area contributed by atoms with Crippen LogP contribution in [0.25, 0.3) is 10.8 Å². The number of rotatable bonds is 1. The summed E-state index contributed by atoms with van der Waals surface area (Å²) < 4.78 is 0. The molecule has 0 fully saturated rings. The summed E-state index contributed by atoms with van der Waals surface area (Å²) in [5.41, 5.74) is 2.97. The van der Waals surface area contributed by atoms with E-state index in [0.717, 1.165) is 17.5 Å². The monoisotopic (exact) mass is 322 g/mol. The minimum Gasteiger partial charge on any atom is -0.297 e. The van der Waals surface area contributed by atoms with E-state index in [0.29, 0.717) is 0 Å². The molecule has 120 valence electrons. The van der Waals surface area contributed by atoms with Crippen molar-refractivity contribution in [3.63, 3.8) is 0 Å². The molecule has 0 saturated carbocycles. The molecule has 0 aromatic heterocycles. The second-order valence-electron chi connectivity index (χ2n) is 7.00. The van der Waals surface area contributed by atoms with Crippen LogP contribution in [0.5, 0.6) is 0 Å². The van der Waals surface area contributed by atoms with Crippen LogP contribution in [0.4, 0.5) is 0 Å². The van der Waals surface area contributed by atoms with Gasteiger partial charge in [0.2, 0.25) is 0 Å². The van der Waals surface area contributed by atoms with Crippen LogP contribution in [0.3, 0.4) is 0 Å². The van der Waals surface area contributed by atoms with Gasteiger partial charge in [0.05, 0.1) is 11.3 Å². The van der Waals surface area contributed by atoms with E-state index in [1.165, 1.54) is 16.3 Å². The molecule has 0 aliphatic heterocycles. The number of hydrogen-bond donors (Lipinski definition) is 0. The standard InChI is InChI=1S/C24H18O/c25-23-21-12-6-7-13-24(23,20-10-2-1-3-11-20)16-19-14-17-8-4-5-9-18(17)15-22(19)21/h1-15,21H,16H2. The Morgan fingerprint density at radius 2 is 1.56 bits per heavy atom. The van der Waals surface area contributed by atoms with Gasteiger partial charge in [-0.1, -0.05) is 85.0 Å². The lowest BCUT2D eigenvalue weighted by Gasteiger charge is -2.38. The van der Waals surface area contributed by atoms with E-state index in [1.807, 2.05) is 30.4 Å². The van der Waals surface area contributed by atoms with E-state index in [2.05, 4.69) is 60.7 Å². The van der Waals surface area contributed by atoms with E-state index >= 15 is 0 Å². The molecule has 0 spiro atoms. The summed E-state index contributed by atoms with van der Waals surface area (Å²) in [6, 6.07) is 23.1. The van der Waals surface area contributed by atoms with Gasteiger partial charge >= 0.3 is 0 Å². The van der Waals surface area contributed by atoms with Crippen molar-refractivity contribution in [3.8, 4) is 0 Å². The number of benzene rings is 3. The van der Waals surface area contributed by atoms with Gasteiger partial charge in [0, 0.05) is 0 Å². The molecule has 25 heavy (non-hydrogen) atoms. The molecule has 2 aliphatic carbocycles. The number of Topliss-reactive ketones (excluding diaryl/α,β-unsaturated/α-hetero) is 1. The largest absolute Gasteiger partial charge is 0.297 e. The second kappa shape index (κ2) is 5.29. The van der Waals surface area contributed by atoms with Crippen molar-refractivity contribution in [1.82, 2.24) is 0 Å². The lowest BCUT2D eigenvalue weighted by molar-refractivity contribution is -0.124. The Morgan fingerprint density at radius 3 is 2.36 bits per heavy atom. The molecule has 1 nitrogen and oxygen atoms in total. The SMILES string of the molecule is O=C1C2C=CC=CC1(c1ccccc1)Cc1cc3ccccc3cc12. The number of fused-ring (bicyclic) bond motifs is 5. The Morgan fingerprint density at radius 1 is 0.840 bits per heavy atom. The summed E-state index contributed by atoms with van der Waals surface area (Å²) in [6.45, 7) is 0. The molecule has 3 aromatic carbocycles. The quantitative estimate of drug-likeness (QED) is 0.608. The van der Waals surface area contributed by atoms with Gasteiger partial charge in [-0.2, -0.15) is 0 Å². The van der Waals surface area contributed by atoms with Gasteiger partial charge in [-0.25, -0.2) is 0 Å². The van der Waals surface area contributed by atoms with E-state index in [-0.39, 0.29) is 11.7 Å². The number of hydrogen-bond acceptors (Lipinski definition) is 1. The molecular weight excluding hydrogens is 304 g/mol. The minimum atomic E-state index is -0.565. The van der Waals surface area contributed by atoms with Crippen molar-refractivity contribution in [2.45, 2.75) is 17.8 Å². The summed E-state index contributed by atoms with van der Waals surface area (Å²) in [5.74, 6) is 0.107. The van der Waals surface area contributed by atoms with Crippen LogP contribution in [-0.4, -0.2) is 5.78 Å². The third kappa shape index (κ3) is 2.05. The van der Waals surface area contributed by atoms with Crippen LogP contribution in [0, 0.1) is 0 Å². The molecule has 2 unspecified atom stereocenters. The molecule has 3 aromatic rings. The Kier molecular flexibility index (Phi) is 3.05.